The second-order valence-electron chi connectivity index (χ2n) is 6.00. The number of hydrogen-bond acceptors (Lipinski definition) is 2. The van der Waals surface area contributed by atoms with Crippen LogP contribution in [0, 0.1) is 5.92 Å². The Labute approximate surface area is 114 Å². The number of fused-ring (bicyclic) bond motifs is 1. The zero-order valence-electron chi connectivity index (χ0n) is 11.3. The van der Waals surface area contributed by atoms with E-state index >= 15 is 0 Å². The van der Waals surface area contributed by atoms with Crippen molar-refractivity contribution in [2.75, 3.05) is 7.05 Å². The van der Waals surface area contributed by atoms with Crippen molar-refractivity contribution in [1.82, 2.24) is 4.90 Å². The van der Waals surface area contributed by atoms with Crippen LogP contribution in [0.25, 0.3) is 0 Å². The molecule has 3 heteroatoms. The standard InChI is InChI=1S/C16H21NO2/c1-17-14-9-12(11-5-3-2-4-6-11)7-8-13(14)10-15(17)16(18)19/h2-6,12-15H,7-10H2,1H3,(H,18,19)/t12?,13?,14-,15?/m1/s1. The Morgan fingerprint density at radius 2 is 1.95 bits per heavy atom. The molecular formula is C16H21NO2. The number of likely N-dealkylation sites (N-methyl/N-ethyl adjacent to an activating group) is 1. The van der Waals surface area contributed by atoms with Gasteiger partial charge >= 0.3 is 5.97 Å². The van der Waals surface area contributed by atoms with Crippen molar-refractivity contribution < 1.29 is 9.90 Å². The number of carboxylic acid groups (broad SMARTS) is 1. The fourth-order valence-electron chi connectivity index (χ4n) is 3.97. The molecule has 3 rings (SSSR count). The van der Waals surface area contributed by atoms with E-state index < -0.39 is 5.97 Å². The van der Waals surface area contributed by atoms with Crippen LogP contribution in [-0.2, 0) is 4.79 Å². The molecule has 1 N–H and O–H groups in total. The minimum atomic E-state index is -0.659. The summed E-state index contributed by atoms with van der Waals surface area (Å²) in [6, 6.07) is 10.8. The summed E-state index contributed by atoms with van der Waals surface area (Å²) in [7, 11) is 1.98. The summed E-state index contributed by atoms with van der Waals surface area (Å²) < 4.78 is 0. The van der Waals surface area contributed by atoms with Gasteiger partial charge in [-0.1, -0.05) is 30.3 Å². The maximum atomic E-state index is 11.3. The van der Waals surface area contributed by atoms with Crippen LogP contribution in [-0.4, -0.2) is 35.1 Å². The quantitative estimate of drug-likeness (QED) is 0.887. The fourth-order valence-corrected chi connectivity index (χ4v) is 3.97. The highest BCUT2D eigenvalue weighted by molar-refractivity contribution is 5.74. The number of likely N-dealkylation sites (tertiary alicyclic amines) is 1. The molecule has 1 heterocycles. The van der Waals surface area contributed by atoms with Crippen LogP contribution in [0.4, 0.5) is 0 Å². The molecule has 2 aliphatic rings. The van der Waals surface area contributed by atoms with Gasteiger partial charge in [0.15, 0.2) is 0 Å². The normalized spacial score (nSPS) is 35.0. The van der Waals surface area contributed by atoms with E-state index in [2.05, 4.69) is 35.2 Å². The van der Waals surface area contributed by atoms with Gasteiger partial charge < -0.3 is 5.11 Å². The van der Waals surface area contributed by atoms with Crippen molar-refractivity contribution in [2.45, 2.75) is 43.7 Å². The number of carbonyl (C=O) groups is 1. The monoisotopic (exact) mass is 259 g/mol. The highest BCUT2D eigenvalue weighted by Gasteiger charge is 2.45. The molecule has 4 atom stereocenters. The molecule has 1 saturated heterocycles. The molecule has 1 aliphatic carbocycles. The van der Waals surface area contributed by atoms with Gasteiger partial charge in [-0.2, -0.15) is 0 Å². The van der Waals surface area contributed by atoms with Crippen LogP contribution in [0.5, 0.6) is 0 Å². The van der Waals surface area contributed by atoms with Crippen molar-refractivity contribution in [2.24, 2.45) is 5.92 Å². The van der Waals surface area contributed by atoms with Crippen LogP contribution < -0.4 is 0 Å². The Morgan fingerprint density at radius 3 is 2.63 bits per heavy atom. The number of carboxylic acids is 1. The summed E-state index contributed by atoms with van der Waals surface area (Å²) in [6.07, 6.45) is 4.30. The third-order valence-electron chi connectivity index (χ3n) is 5.05. The number of hydrogen-bond donors (Lipinski definition) is 1. The van der Waals surface area contributed by atoms with Crippen molar-refractivity contribution in [1.29, 1.82) is 0 Å². The van der Waals surface area contributed by atoms with Gasteiger partial charge in [0.2, 0.25) is 0 Å². The van der Waals surface area contributed by atoms with Crippen molar-refractivity contribution in [3.05, 3.63) is 35.9 Å². The van der Waals surface area contributed by atoms with E-state index in [-0.39, 0.29) is 6.04 Å². The van der Waals surface area contributed by atoms with Gasteiger partial charge in [-0.15, -0.1) is 0 Å². The second kappa shape index (κ2) is 4.97. The molecule has 0 spiro atoms. The Balaban J connectivity index is 1.75. The average molecular weight is 259 g/mol. The minimum absolute atomic E-state index is 0.274. The molecule has 3 nitrogen and oxygen atoms in total. The number of nitrogens with zero attached hydrogens (tertiary/aromatic N) is 1. The third kappa shape index (κ3) is 2.27. The first-order chi connectivity index (χ1) is 9.16. The van der Waals surface area contributed by atoms with Gasteiger partial charge in [0.25, 0.3) is 0 Å². The Morgan fingerprint density at radius 1 is 1.21 bits per heavy atom. The smallest absolute Gasteiger partial charge is 0.320 e. The fraction of sp³-hybridized carbons (Fsp3) is 0.562. The van der Waals surface area contributed by atoms with Crippen LogP contribution >= 0.6 is 0 Å². The molecule has 1 saturated carbocycles. The van der Waals surface area contributed by atoms with E-state index in [9.17, 15) is 9.90 Å². The first-order valence-corrected chi connectivity index (χ1v) is 7.16. The zero-order chi connectivity index (χ0) is 13.4. The Bertz CT molecular complexity index is 459. The molecule has 1 aromatic rings. The van der Waals surface area contributed by atoms with Crippen LogP contribution in [0.1, 0.15) is 37.2 Å². The van der Waals surface area contributed by atoms with Gasteiger partial charge in [-0.05, 0) is 50.1 Å². The van der Waals surface area contributed by atoms with Crippen molar-refractivity contribution in [3.8, 4) is 0 Å². The molecule has 19 heavy (non-hydrogen) atoms. The van der Waals surface area contributed by atoms with E-state index in [1.807, 2.05) is 7.05 Å². The van der Waals surface area contributed by atoms with E-state index in [1.165, 1.54) is 18.4 Å². The lowest BCUT2D eigenvalue weighted by atomic mass is 9.76. The first-order valence-electron chi connectivity index (χ1n) is 7.16. The van der Waals surface area contributed by atoms with Crippen molar-refractivity contribution in [3.63, 3.8) is 0 Å². The average Bonchev–Trinajstić information content (AvgIpc) is 2.77. The van der Waals surface area contributed by atoms with Gasteiger partial charge in [-0.25, -0.2) is 0 Å². The molecule has 102 valence electrons. The van der Waals surface area contributed by atoms with E-state index in [0.717, 1.165) is 12.8 Å². The summed E-state index contributed by atoms with van der Waals surface area (Å²) in [5, 5.41) is 9.27. The van der Waals surface area contributed by atoms with Gasteiger partial charge in [0.05, 0.1) is 0 Å². The predicted octanol–water partition coefficient (Wildman–Crippen LogP) is 2.73. The SMILES string of the molecule is CN1C(C(=O)O)CC2CCC(c3ccccc3)C[C@H]21. The number of rotatable bonds is 2. The van der Waals surface area contributed by atoms with E-state index in [0.29, 0.717) is 17.9 Å². The lowest BCUT2D eigenvalue weighted by Gasteiger charge is -2.35. The maximum Gasteiger partial charge on any atom is 0.320 e. The summed E-state index contributed by atoms with van der Waals surface area (Å²) in [5.74, 6) is 0.511. The highest BCUT2D eigenvalue weighted by Crippen LogP contribution is 2.44. The molecule has 0 radical (unpaired) electrons. The zero-order valence-corrected chi connectivity index (χ0v) is 11.3. The highest BCUT2D eigenvalue weighted by atomic mass is 16.4. The van der Waals surface area contributed by atoms with E-state index in [1.54, 1.807) is 0 Å². The summed E-state index contributed by atoms with van der Waals surface area (Å²) in [6.45, 7) is 0. The molecular weight excluding hydrogens is 238 g/mol. The molecule has 0 amide bonds. The minimum Gasteiger partial charge on any atom is -0.480 e. The molecule has 1 aliphatic heterocycles. The van der Waals surface area contributed by atoms with Crippen LogP contribution in [0.15, 0.2) is 30.3 Å². The van der Waals surface area contributed by atoms with Gasteiger partial charge in [-0.3, -0.25) is 9.69 Å². The number of benzene rings is 1. The predicted molar refractivity (Wildman–Crippen MR) is 74.1 cm³/mol. The van der Waals surface area contributed by atoms with E-state index in [4.69, 9.17) is 0 Å². The summed E-state index contributed by atoms with van der Waals surface area (Å²) in [4.78, 5) is 13.4. The molecule has 2 fully saturated rings. The second-order valence-corrected chi connectivity index (χ2v) is 6.00. The Hall–Kier alpha value is -1.35. The summed E-state index contributed by atoms with van der Waals surface area (Å²) in [5.41, 5.74) is 1.41. The maximum absolute atomic E-state index is 11.3. The molecule has 0 bridgehead atoms. The Kier molecular flexibility index (Phi) is 3.31. The summed E-state index contributed by atoms with van der Waals surface area (Å²) >= 11 is 0. The lowest BCUT2D eigenvalue weighted by molar-refractivity contribution is -0.142. The lowest BCUT2D eigenvalue weighted by Crippen LogP contribution is -2.40. The van der Waals surface area contributed by atoms with Crippen LogP contribution in [0.2, 0.25) is 0 Å². The molecule has 0 aromatic heterocycles. The largest absolute Gasteiger partial charge is 0.480 e. The van der Waals surface area contributed by atoms with Gasteiger partial charge in [0, 0.05) is 6.04 Å². The molecule has 3 unspecified atom stereocenters. The number of aliphatic carboxylic acids is 1. The van der Waals surface area contributed by atoms with Crippen molar-refractivity contribution >= 4 is 5.97 Å². The molecule has 1 aromatic carbocycles. The topological polar surface area (TPSA) is 40.5 Å². The third-order valence-corrected chi connectivity index (χ3v) is 5.05. The first kappa shape index (κ1) is 12.7. The van der Waals surface area contributed by atoms with Gasteiger partial charge in [0.1, 0.15) is 6.04 Å². The van der Waals surface area contributed by atoms with Crippen LogP contribution in [0.3, 0.4) is 0 Å².